The second-order valence-electron chi connectivity index (χ2n) is 7.51. The quantitative estimate of drug-likeness (QED) is 0.760. The van der Waals surface area contributed by atoms with Gasteiger partial charge in [-0.1, -0.05) is 13.8 Å². The molecule has 112 valence electrons. The van der Waals surface area contributed by atoms with Gasteiger partial charge in [0.05, 0.1) is 0 Å². The van der Waals surface area contributed by atoms with Crippen LogP contribution in [-0.4, -0.2) is 12.6 Å². The third kappa shape index (κ3) is 3.86. The highest BCUT2D eigenvalue weighted by Crippen LogP contribution is 2.44. The third-order valence-electron chi connectivity index (χ3n) is 5.06. The molecule has 0 aromatic carbocycles. The third-order valence-corrected chi connectivity index (χ3v) is 7.01. The van der Waals surface area contributed by atoms with Crippen LogP contribution in [0.25, 0.3) is 0 Å². The second-order valence-corrected chi connectivity index (χ2v) is 9.36. The summed E-state index contributed by atoms with van der Waals surface area (Å²) < 4.78 is 1.32. The van der Waals surface area contributed by atoms with E-state index >= 15 is 0 Å². The van der Waals surface area contributed by atoms with Crippen LogP contribution in [-0.2, 0) is 6.42 Å². The van der Waals surface area contributed by atoms with Gasteiger partial charge in [0.2, 0.25) is 0 Å². The molecule has 1 nitrogen and oxygen atoms in total. The van der Waals surface area contributed by atoms with E-state index in [0.29, 0.717) is 5.41 Å². The van der Waals surface area contributed by atoms with Gasteiger partial charge in [-0.15, -0.1) is 11.3 Å². The van der Waals surface area contributed by atoms with Crippen molar-refractivity contribution in [3.63, 3.8) is 0 Å². The molecule has 1 heterocycles. The van der Waals surface area contributed by atoms with Crippen molar-refractivity contribution in [1.82, 2.24) is 5.32 Å². The zero-order valence-electron chi connectivity index (χ0n) is 12.6. The number of halogens is 1. The lowest BCUT2D eigenvalue weighted by molar-refractivity contribution is 0.116. The molecule has 0 amide bonds. The first-order chi connectivity index (χ1) is 9.53. The Morgan fingerprint density at radius 3 is 2.75 bits per heavy atom. The first-order valence-electron chi connectivity index (χ1n) is 7.99. The summed E-state index contributed by atoms with van der Waals surface area (Å²) in [5.41, 5.74) is 0.532. The van der Waals surface area contributed by atoms with Gasteiger partial charge in [0.25, 0.3) is 0 Å². The van der Waals surface area contributed by atoms with Gasteiger partial charge in [-0.3, -0.25) is 0 Å². The zero-order valence-corrected chi connectivity index (χ0v) is 15.0. The molecular formula is C17H26BrNS. The van der Waals surface area contributed by atoms with E-state index in [-0.39, 0.29) is 0 Å². The standard InChI is InChI=1S/C17H26BrNS/c1-17(2)7-5-12(11-19-14-3-4-14)13(10-17)9-16-15(18)6-8-20-16/h6,8,12-14,19H,3-5,7,9-11H2,1-2H3. The number of thiophene rings is 1. The molecular weight excluding hydrogens is 330 g/mol. The van der Waals surface area contributed by atoms with E-state index in [1.165, 1.54) is 49.5 Å². The Morgan fingerprint density at radius 1 is 1.30 bits per heavy atom. The monoisotopic (exact) mass is 355 g/mol. The molecule has 2 atom stereocenters. The highest BCUT2D eigenvalue weighted by atomic mass is 79.9. The predicted molar refractivity (Wildman–Crippen MR) is 91.4 cm³/mol. The molecule has 1 aromatic heterocycles. The van der Waals surface area contributed by atoms with Gasteiger partial charge in [0.15, 0.2) is 0 Å². The molecule has 3 rings (SSSR count). The minimum absolute atomic E-state index is 0.532. The van der Waals surface area contributed by atoms with Gasteiger partial charge in [0.1, 0.15) is 0 Å². The molecule has 1 aromatic rings. The van der Waals surface area contributed by atoms with Crippen LogP contribution < -0.4 is 5.32 Å². The topological polar surface area (TPSA) is 12.0 Å². The smallest absolute Gasteiger partial charge is 0.0314 e. The van der Waals surface area contributed by atoms with Gasteiger partial charge in [0, 0.05) is 15.4 Å². The fourth-order valence-electron chi connectivity index (χ4n) is 3.61. The maximum Gasteiger partial charge on any atom is 0.0314 e. The maximum absolute atomic E-state index is 3.77. The Morgan fingerprint density at radius 2 is 2.10 bits per heavy atom. The molecule has 2 saturated carbocycles. The van der Waals surface area contributed by atoms with Crippen LogP contribution in [0.3, 0.4) is 0 Å². The lowest BCUT2D eigenvalue weighted by Gasteiger charge is -2.41. The highest BCUT2D eigenvalue weighted by molar-refractivity contribution is 9.10. The van der Waals surface area contributed by atoms with Crippen LogP contribution in [0.2, 0.25) is 0 Å². The van der Waals surface area contributed by atoms with E-state index in [0.717, 1.165) is 17.9 Å². The molecule has 0 saturated heterocycles. The number of rotatable bonds is 5. The van der Waals surface area contributed by atoms with Gasteiger partial charge in [-0.25, -0.2) is 0 Å². The van der Waals surface area contributed by atoms with Crippen molar-refractivity contribution in [3.05, 3.63) is 20.8 Å². The Hall–Kier alpha value is 0.140. The highest BCUT2D eigenvalue weighted by Gasteiger charge is 2.35. The van der Waals surface area contributed by atoms with Crippen molar-refractivity contribution in [3.8, 4) is 0 Å². The van der Waals surface area contributed by atoms with Gasteiger partial charge >= 0.3 is 0 Å². The fraction of sp³-hybridized carbons (Fsp3) is 0.765. The Labute approximate surface area is 135 Å². The van der Waals surface area contributed by atoms with Gasteiger partial charge in [-0.05, 0) is 89.7 Å². The molecule has 0 bridgehead atoms. The van der Waals surface area contributed by atoms with Crippen LogP contribution in [0.1, 0.15) is 50.8 Å². The average Bonchev–Trinajstić information content (AvgIpc) is 3.12. The van der Waals surface area contributed by atoms with E-state index in [4.69, 9.17) is 0 Å². The summed E-state index contributed by atoms with van der Waals surface area (Å²) in [6.45, 7) is 6.15. The Kier molecular flexibility index (Phi) is 4.59. The average molecular weight is 356 g/mol. The normalized spacial score (nSPS) is 29.6. The molecule has 2 fully saturated rings. The van der Waals surface area contributed by atoms with Crippen LogP contribution in [0, 0.1) is 17.3 Å². The van der Waals surface area contributed by atoms with E-state index in [1.54, 1.807) is 4.88 Å². The molecule has 0 spiro atoms. The molecule has 1 N–H and O–H groups in total. The van der Waals surface area contributed by atoms with Crippen LogP contribution in [0.15, 0.2) is 15.9 Å². The van der Waals surface area contributed by atoms with Crippen molar-refractivity contribution in [1.29, 1.82) is 0 Å². The SMILES string of the molecule is CC1(C)CCC(CNC2CC2)C(Cc2sccc2Br)C1. The van der Waals surface area contributed by atoms with Gasteiger partial charge in [-0.2, -0.15) is 0 Å². The predicted octanol–water partition coefficient (Wildman–Crippen LogP) is 5.25. The fourth-order valence-corrected chi connectivity index (χ4v) is 5.22. The summed E-state index contributed by atoms with van der Waals surface area (Å²) in [7, 11) is 0. The molecule has 0 radical (unpaired) electrons. The molecule has 2 aliphatic rings. The number of hydrogen-bond donors (Lipinski definition) is 1. The minimum atomic E-state index is 0.532. The molecule has 2 unspecified atom stereocenters. The zero-order chi connectivity index (χ0) is 14.2. The van der Waals surface area contributed by atoms with E-state index in [1.807, 2.05) is 11.3 Å². The van der Waals surface area contributed by atoms with E-state index < -0.39 is 0 Å². The minimum Gasteiger partial charge on any atom is -0.314 e. The number of hydrogen-bond acceptors (Lipinski definition) is 2. The molecule has 2 aliphatic carbocycles. The molecule has 3 heteroatoms. The van der Waals surface area contributed by atoms with Crippen LogP contribution in [0.5, 0.6) is 0 Å². The van der Waals surface area contributed by atoms with Crippen molar-refractivity contribution in [2.45, 2.75) is 58.4 Å². The maximum atomic E-state index is 3.77. The Bertz CT molecular complexity index is 448. The summed E-state index contributed by atoms with van der Waals surface area (Å²) in [6, 6.07) is 3.05. The Balaban J connectivity index is 1.65. The summed E-state index contributed by atoms with van der Waals surface area (Å²) in [6.07, 6.45) is 8.25. The lowest BCUT2D eigenvalue weighted by atomic mass is 9.66. The number of nitrogens with one attached hydrogen (secondary N) is 1. The summed E-state index contributed by atoms with van der Waals surface area (Å²) in [5, 5.41) is 5.98. The van der Waals surface area contributed by atoms with Crippen molar-refractivity contribution < 1.29 is 0 Å². The van der Waals surface area contributed by atoms with E-state index in [9.17, 15) is 0 Å². The summed E-state index contributed by atoms with van der Waals surface area (Å²) in [5.74, 6) is 1.72. The summed E-state index contributed by atoms with van der Waals surface area (Å²) >= 11 is 5.62. The van der Waals surface area contributed by atoms with Crippen LogP contribution >= 0.6 is 27.3 Å². The first kappa shape index (κ1) is 15.1. The molecule has 0 aliphatic heterocycles. The lowest BCUT2D eigenvalue weighted by Crippen LogP contribution is -2.37. The van der Waals surface area contributed by atoms with Crippen molar-refractivity contribution in [2.75, 3.05) is 6.54 Å². The molecule has 20 heavy (non-hydrogen) atoms. The van der Waals surface area contributed by atoms with Gasteiger partial charge < -0.3 is 5.32 Å². The van der Waals surface area contributed by atoms with Crippen molar-refractivity contribution >= 4 is 27.3 Å². The first-order valence-corrected chi connectivity index (χ1v) is 9.66. The largest absolute Gasteiger partial charge is 0.314 e. The second kappa shape index (κ2) is 6.10. The van der Waals surface area contributed by atoms with Crippen LogP contribution in [0.4, 0.5) is 0 Å². The van der Waals surface area contributed by atoms with E-state index in [2.05, 4.69) is 46.5 Å². The summed E-state index contributed by atoms with van der Waals surface area (Å²) in [4.78, 5) is 1.55. The van der Waals surface area contributed by atoms with Crippen molar-refractivity contribution in [2.24, 2.45) is 17.3 Å².